The molecule has 3 N–H and O–H groups in total. The second-order valence-electron chi connectivity index (χ2n) is 3.34. The molecule has 0 aliphatic heterocycles. The zero-order valence-electron chi connectivity index (χ0n) is 8.59. The van der Waals surface area contributed by atoms with Gasteiger partial charge in [-0.1, -0.05) is 31.9 Å². The van der Waals surface area contributed by atoms with Crippen LogP contribution in [-0.2, 0) is 0 Å². The van der Waals surface area contributed by atoms with E-state index in [4.69, 9.17) is 5.84 Å². The molecule has 0 aliphatic carbocycles. The Kier molecular flexibility index (Phi) is 4.76. The van der Waals surface area contributed by atoms with Crippen LogP contribution in [-0.4, -0.2) is 11.9 Å². The normalized spacial score (nSPS) is 12.0. The second-order valence-corrected chi connectivity index (χ2v) is 5.11. The number of benzene rings is 1. The molecule has 0 radical (unpaired) electrons. The summed E-state index contributed by atoms with van der Waals surface area (Å²) in [6.07, 6.45) is 0. The first-order valence-corrected chi connectivity index (χ1v) is 6.13. The van der Waals surface area contributed by atoms with E-state index in [-0.39, 0.29) is 6.04 Å². The molecular weight excluding hydrogens is 322 g/mol. The van der Waals surface area contributed by atoms with E-state index >= 15 is 0 Å². The summed E-state index contributed by atoms with van der Waals surface area (Å²) in [5, 5.41) is 0. The van der Waals surface area contributed by atoms with Crippen molar-refractivity contribution in [3.63, 3.8) is 0 Å². The summed E-state index contributed by atoms with van der Waals surface area (Å²) in [6, 6.07) is 6.07. The second kappa shape index (κ2) is 5.63. The van der Waals surface area contributed by atoms with Crippen molar-refractivity contribution in [3.05, 3.63) is 32.7 Å². The van der Waals surface area contributed by atoms with Gasteiger partial charge < -0.3 is 5.43 Å². The number of hydrazine groups is 1. The number of nitrogens with one attached hydrogen (secondary N) is 1. The average Bonchev–Trinajstić information content (AvgIpc) is 2.18. The molecule has 82 valence electrons. The third kappa shape index (κ3) is 3.59. The van der Waals surface area contributed by atoms with Gasteiger partial charge in [0.05, 0.1) is 0 Å². The molecule has 5 heteroatoms. The summed E-state index contributed by atoms with van der Waals surface area (Å²) in [5.74, 6) is 6.13. The van der Waals surface area contributed by atoms with Gasteiger partial charge >= 0.3 is 0 Å². The molecule has 0 saturated heterocycles. The highest BCUT2D eigenvalue weighted by Gasteiger charge is 2.07. The van der Waals surface area contributed by atoms with Crippen molar-refractivity contribution in [1.82, 2.24) is 5.43 Å². The first kappa shape index (κ1) is 12.7. The van der Waals surface area contributed by atoms with E-state index in [2.05, 4.69) is 42.3 Å². The van der Waals surface area contributed by atoms with Crippen LogP contribution >= 0.6 is 31.9 Å². The first-order chi connectivity index (χ1) is 7.04. The molecule has 15 heavy (non-hydrogen) atoms. The van der Waals surface area contributed by atoms with E-state index in [1.165, 1.54) is 0 Å². The van der Waals surface area contributed by atoms with Crippen molar-refractivity contribution in [2.75, 3.05) is 0 Å². The van der Waals surface area contributed by atoms with Gasteiger partial charge in [0.25, 0.3) is 0 Å². The van der Waals surface area contributed by atoms with Crippen LogP contribution in [0.2, 0.25) is 0 Å². The van der Waals surface area contributed by atoms with Crippen LogP contribution in [0.1, 0.15) is 19.4 Å². The highest BCUT2D eigenvalue weighted by Crippen LogP contribution is 2.21. The summed E-state index contributed by atoms with van der Waals surface area (Å²) in [4.78, 5) is 4.40. The number of aliphatic imine (C=N–C) groups is 1. The summed E-state index contributed by atoms with van der Waals surface area (Å²) < 4.78 is 1.95. The van der Waals surface area contributed by atoms with E-state index in [1.54, 1.807) is 0 Å². The quantitative estimate of drug-likeness (QED) is 0.378. The minimum absolute atomic E-state index is 0.196. The number of hydrogen-bond acceptors (Lipinski definition) is 2. The molecule has 0 aromatic heterocycles. The van der Waals surface area contributed by atoms with Gasteiger partial charge in [-0.05, 0) is 32.0 Å². The van der Waals surface area contributed by atoms with Gasteiger partial charge in [-0.2, -0.15) is 0 Å². The molecular formula is C10H13Br2N3. The predicted molar refractivity (Wildman–Crippen MR) is 70.8 cm³/mol. The van der Waals surface area contributed by atoms with Gasteiger partial charge in [0, 0.05) is 20.6 Å². The Morgan fingerprint density at radius 3 is 2.60 bits per heavy atom. The molecule has 1 aromatic rings. The Balaban J connectivity index is 3.17. The molecule has 1 rings (SSSR count). The van der Waals surface area contributed by atoms with Crippen molar-refractivity contribution >= 4 is 37.7 Å². The fraction of sp³-hybridized carbons (Fsp3) is 0.300. The third-order valence-corrected chi connectivity index (χ3v) is 2.89. The summed E-state index contributed by atoms with van der Waals surface area (Å²) in [6.45, 7) is 4.01. The lowest BCUT2D eigenvalue weighted by Crippen LogP contribution is -2.32. The lowest BCUT2D eigenvalue weighted by atomic mass is 10.2. The Morgan fingerprint density at radius 2 is 2.07 bits per heavy atom. The lowest BCUT2D eigenvalue weighted by molar-refractivity contribution is 0.820. The molecule has 0 heterocycles. The lowest BCUT2D eigenvalue weighted by Gasteiger charge is -2.10. The van der Waals surface area contributed by atoms with Crippen molar-refractivity contribution in [3.8, 4) is 0 Å². The Morgan fingerprint density at radius 1 is 1.40 bits per heavy atom. The van der Waals surface area contributed by atoms with Crippen molar-refractivity contribution in [1.29, 1.82) is 0 Å². The number of nitrogens with zero attached hydrogens (tertiary/aromatic N) is 1. The zero-order valence-corrected chi connectivity index (χ0v) is 11.8. The van der Waals surface area contributed by atoms with E-state index < -0.39 is 0 Å². The van der Waals surface area contributed by atoms with E-state index in [0.717, 1.165) is 14.5 Å². The minimum Gasteiger partial charge on any atom is -0.308 e. The molecule has 3 nitrogen and oxygen atoms in total. The zero-order chi connectivity index (χ0) is 11.4. The number of halogens is 2. The SMILES string of the molecule is CC(C)N=C(NN)c1cc(Br)ccc1Br. The van der Waals surface area contributed by atoms with Crippen LogP contribution in [0, 0.1) is 0 Å². The summed E-state index contributed by atoms with van der Waals surface area (Å²) in [7, 11) is 0. The third-order valence-electron chi connectivity index (χ3n) is 1.71. The van der Waals surface area contributed by atoms with Crippen molar-refractivity contribution < 1.29 is 0 Å². The van der Waals surface area contributed by atoms with Crippen LogP contribution in [0.4, 0.5) is 0 Å². The Labute approximate surface area is 106 Å². The van der Waals surface area contributed by atoms with Gasteiger partial charge in [-0.15, -0.1) is 0 Å². The fourth-order valence-electron chi connectivity index (χ4n) is 1.12. The van der Waals surface area contributed by atoms with Gasteiger partial charge in [-0.3, -0.25) is 4.99 Å². The smallest absolute Gasteiger partial charge is 0.143 e. The van der Waals surface area contributed by atoms with E-state index in [0.29, 0.717) is 5.84 Å². The monoisotopic (exact) mass is 333 g/mol. The van der Waals surface area contributed by atoms with E-state index in [9.17, 15) is 0 Å². The fourth-order valence-corrected chi connectivity index (χ4v) is 1.92. The topological polar surface area (TPSA) is 50.4 Å². The van der Waals surface area contributed by atoms with Crippen LogP contribution < -0.4 is 11.3 Å². The van der Waals surface area contributed by atoms with Crippen LogP contribution in [0.3, 0.4) is 0 Å². The molecule has 0 unspecified atom stereocenters. The van der Waals surface area contributed by atoms with Crippen LogP contribution in [0.15, 0.2) is 32.1 Å². The molecule has 1 aromatic carbocycles. The molecule has 0 atom stereocenters. The molecule has 0 aliphatic rings. The number of nitrogens with two attached hydrogens (primary N) is 1. The highest BCUT2D eigenvalue weighted by molar-refractivity contribution is 9.11. The Hall–Kier alpha value is -0.390. The standard InChI is InChI=1S/C10H13Br2N3/c1-6(2)14-10(15-13)8-5-7(11)3-4-9(8)12/h3-6H,13H2,1-2H3,(H,14,15). The number of hydrogen-bond donors (Lipinski definition) is 2. The first-order valence-electron chi connectivity index (χ1n) is 4.54. The number of amidine groups is 1. The molecule has 0 saturated carbocycles. The van der Waals surface area contributed by atoms with Gasteiger partial charge in [-0.25, -0.2) is 5.84 Å². The van der Waals surface area contributed by atoms with Crippen LogP contribution in [0.25, 0.3) is 0 Å². The van der Waals surface area contributed by atoms with Crippen molar-refractivity contribution in [2.24, 2.45) is 10.8 Å². The maximum absolute atomic E-state index is 5.46. The van der Waals surface area contributed by atoms with E-state index in [1.807, 2.05) is 32.0 Å². The Bertz CT molecular complexity index is 375. The maximum Gasteiger partial charge on any atom is 0.143 e. The van der Waals surface area contributed by atoms with Crippen molar-refractivity contribution in [2.45, 2.75) is 19.9 Å². The predicted octanol–water partition coefficient (Wildman–Crippen LogP) is 2.83. The minimum atomic E-state index is 0.196. The molecule has 0 bridgehead atoms. The molecule has 0 amide bonds. The summed E-state index contributed by atoms with van der Waals surface area (Å²) >= 11 is 6.88. The maximum atomic E-state index is 5.46. The molecule has 0 spiro atoms. The largest absolute Gasteiger partial charge is 0.308 e. The molecule has 0 fully saturated rings. The van der Waals surface area contributed by atoms with Gasteiger partial charge in [0.2, 0.25) is 0 Å². The summed E-state index contributed by atoms with van der Waals surface area (Å²) in [5.41, 5.74) is 3.56. The average molecular weight is 335 g/mol. The van der Waals surface area contributed by atoms with Gasteiger partial charge in [0.15, 0.2) is 0 Å². The highest BCUT2D eigenvalue weighted by atomic mass is 79.9. The van der Waals surface area contributed by atoms with Crippen LogP contribution in [0.5, 0.6) is 0 Å². The number of rotatable bonds is 2. The van der Waals surface area contributed by atoms with Gasteiger partial charge in [0.1, 0.15) is 5.84 Å².